The van der Waals surface area contributed by atoms with Crippen molar-refractivity contribution in [1.82, 2.24) is 15.2 Å². The normalized spacial score (nSPS) is 17.6. The standard InChI is InChI=1S/C27H29N3O4/c1-17(2)26(31)28-19-6-5-11-30(16-19)27(32)21-15-23(29-22-8-4-3-7-20(21)22)18-9-10-24-25(14-18)34-13-12-33-24/h3-4,7-10,14-15,17,19H,5-6,11-13,16H2,1-2H3,(H,28,31). The van der Waals surface area contributed by atoms with Gasteiger partial charge in [0.25, 0.3) is 5.91 Å². The van der Waals surface area contributed by atoms with Gasteiger partial charge < -0.3 is 19.7 Å². The third kappa shape index (κ3) is 4.42. The SMILES string of the molecule is CC(C)C(=O)NC1CCCN(C(=O)c2cc(-c3ccc4c(c3)OCCO4)nc3ccccc23)C1. The molecule has 7 heteroatoms. The Morgan fingerprint density at radius 2 is 1.85 bits per heavy atom. The summed E-state index contributed by atoms with van der Waals surface area (Å²) in [5.41, 5.74) is 2.96. The Morgan fingerprint density at radius 1 is 1.06 bits per heavy atom. The van der Waals surface area contributed by atoms with E-state index in [9.17, 15) is 9.59 Å². The van der Waals surface area contributed by atoms with Crippen LogP contribution in [-0.2, 0) is 4.79 Å². The Kier molecular flexibility index (Phi) is 6.09. The van der Waals surface area contributed by atoms with E-state index in [1.54, 1.807) is 0 Å². The van der Waals surface area contributed by atoms with E-state index in [0.29, 0.717) is 43.3 Å². The van der Waals surface area contributed by atoms with Gasteiger partial charge in [-0.1, -0.05) is 32.0 Å². The minimum atomic E-state index is -0.0798. The van der Waals surface area contributed by atoms with Crippen molar-refractivity contribution in [2.45, 2.75) is 32.7 Å². The average molecular weight is 460 g/mol. The molecule has 1 N–H and O–H groups in total. The Bertz CT molecular complexity index is 1240. The predicted octanol–water partition coefficient (Wildman–Crippen LogP) is 4.05. The number of para-hydroxylation sites is 1. The topological polar surface area (TPSA) is 80.8 Å². The molecule has 5 rings (SSSR count). The van der Waals surface area contributed by atoms with E-state index < -0.39 is 0 Å². The van der Waals surface area contributed by atoms with Gasteiger partial charge in [0, 0.05) is 36.0 Å². The van der Waals surface area contributed by atoms with Gasteiger partial charge in [-0.25, -0.2) is 4.98 Å². The van der Waals surface area contributed by atoms with Gasteiger partial charge in [-0.15, -0.1) is 0 Å². The molecule has 1 aromatic heterocycles. The number of likely N-dealkylation sites (tertiary alicyclic amines) is 1. The van der Waals surface area contributed by atoms with E-state index in [1.165, 1.54) is 0 Å². The minimum absolute atomic E-state index is 0.0227. The summed E-state index contributed by atoms with van der Waals surface area (Å²) in [5.74, 6) is 1.31. The largest absolute Gasteiger partial charge is 0.486 e. The fraction of sp³-hybridized carbons (Fsp3) is 0.370. The third-order valence-corrected chi connectivity index (χ3v) is 6.36. The van der Waals surface area contributed by atoms with E-state index in [4.69, 9.17) is 14.5 Å². The molecule has 2 aliphatic heterocycles. The van der Waals surface area contributed by atoms with Crippen LogP contribution in [0.25, 0.3) is 22.2 Å². The number of benzene rings is 2. The molecule has 3 heterocycles. The lowest BCUT2D eigenvalue weighted by atomic mass is 10.00. The summed E-state index contributed by atoms with van der Waals surface area (Å²) in [6.45, 7) is 5.98. The number of hydrogen-bond donors (Lipinski definition) is 1. The Balaban J connectivity index is 1.48. The van der Waals surface area contributed by atoms with Crippen molar-refractivity contribution < 1.29 is 19.1 Å². The summed E-state index contributed by atoms with van der Waals surface area (Å²) >= 11 is 0. The number of hydrogen-bond acceptors (Lipinski definition) is 5. The number of carbonyl (C=O) groups excluding carboxylic acids is 2. The maximum absolute atomic E-state index is 13.7. The van der Waals surface area contributed by atoms with Crippen molar-refractivity contribution >= 4 is 22.7 Å². The molecule has 0 saturated carbocycles. The first-order valence-corrected chi connectivity index (χ1v) is 11.9. The highest BCUT2D eigenvalue weighted by Crippen LogP contribution is 2.35. The van der Waals surface area contributed by atoms with Crippen LogP contribution in [0.15, 0.2) is 48.5 Å². The van der Waals surface area contributed by atoms with E-state index in [0.717, 1.165) is 35.1 Å². The van der Waals surface area contributed by atoms with Crippen LogP contribution in [0, 0.1) is 5.92 Å². The first-order chi connectivity index (χ1) is 16.5. The monoisotopic (exact) mass is 459 g/mol. The highest BCUT2D eigenvalue weighted by atomic mass is 16.6. The van der Waals surface area contributed by atoms with Crippen LogP contribution >= 0.6 is 0 Å². The van der Waals surface area contributed by atoms with Gasteiger partial charge in [0.1, 0.15) is 13.2 Å². The molecular formula is C27H29N3O4. The number of piperidine rings is 1. The molecule has 2 aromatic carbocycles. The Morgan fingerprint density at radius 3 is 2.68 bits per heavy atom. The quantitative estimate of drug-likeness (QED) is 0.637. The van der Waals surface area contributed by atoms with Gasteiger partial charge in [0.15, 0.2) is 11.5 Å². The summed E-state index contributed by atoms with van der Waals surface area (Å²) in [7, 11) is 0. The van der Waals surface area contributed by atoms with Gasteiger partial charge in [-0.2, -0.15) is 0 Å². The predicted molar refractivity (Wildman–Crippen MR) is 130 cm³/mol. The molecule has 1 atom stereocenters. The van der Waals surface area contributed by atoms with Gasteiger partial charge in [0.2, 0.25) is 5.91 Å². The molecule has 1 unspecified atom stereocenters. The molecule has 7 nitrogen and oxygen atoms in total. The van der Waals surface area contributed by atoms with Crippen molar-refractivity contribution in [3.63, 3.8) is 0 Å². The van der Waals surface area contributed by atoms with Crippen molar-refractivity contribution in [3.05, 3.63) is 54.1 Å². The number of nitrogens with zero attached hydrogens (tertiary/aromatic N) is 2. The van der Waals surface area contributed by atoms with Crippen molar-refractivity contribution in [2.24, 2.45) is 5.92 Å². The van der Waals surface area contributed by atoms with Crippen LogP contribution in [0.1, 0.15) is 37.0 Å². The number of rotatable bonds is 4. The van der Waals surface area contributed by atoms with Crippen LogP contribution in [0.5, 0.6) is 11.5 Å². The van der Waals surface area contributed by atoms with Crippen LogP contribution in [0.3, 0.4) is 0 Å². The highest BCUT2D eigenvalue weighted by molar-refractivity contribution is 6.07. The van der Waals surface area contributed by atoms with Crippen LogP contribution in [-0.4, -0.2) is 54.0 Å². The van der Waals surface area contributed by atoms with Gasteiger partial charge in [-0.05, 0) is 43.2 Å². The molecule has 0 aliphatic carbocycles. The number of aromatic nitrogens is 1. The summed E-state index contributed by atoms with van der Waals surface area (Å²) in [6, 6.07) is 15.3. The molecule has 0 spiro atoms. The molecule has 176 valence electrons. The van der Waals surface area contributed by atoms with E-state index in [1.807, 2.05) is 67.3 Å². The molecular weight excluding hydrogens is 430 g/mol. The second-order valence-electron chi connectivity index (χ2n) is 9.18. The van der Waals surface area contributed by atoms with Crippen molar-refractivity contribution in [1.29, 1.82) is 0 Å². The summed E-state index contributed by atoms with van der Waals surface area (Å²) in [4.78, 5) is 32.6. The van der Waals surface area contributed by atoms with Crippen LogP contribution < -0.4 is 14.8 Å². The summed E-state index contributed by atoms with van der Waals surface area (Å²) in [5, 5.41) is 3.91. The second kappa shape index (κ2) is 9.33. The molecule has 1 saturated heterocycles. The van der Waals surface area contributed by atoms with Gasteiger partial charge >= 0.3 is 0 Å². The maximum Gasteiger partial charge on any atom is 0.254 e. The van der Waals surface area contributed by atoms with Gasteiger partial charge in [0.05, 0.1) is 16.8 Å². The lowest BCUT2D eigenvalue weighted by molar-refractivity contribution is -0.125. The second-order valence-corrected chi connectivity index (χ2v) is 9.18. The number of fused-ring (bicyclic) bond motifs is 2. The van der Waals surface area contributed by atoms with Crippen LogP contribution in [0.2, 0.25) is 0 Å². The van der Waals surface area contributed by atoms with Crippen molar-refractivity contribution in [2.75, 3.05) is 26.3 Å². The Hall–Kier alpha value is -3.61. The van der Waals surface area contributed by atoms with Crippen molar-refractivity contribution in [3.8, 4) is 22.8 Å². The van der Waals surface area contributed by atoms with E-state index in [2.05, 4.69) is 5.32 Å². The third-order valence-electron chi connectivity index (χ3n) is 6.36. The number of nitrogens with one attached hydrogen (secondary N) is 1. The first kappa shape index (κ1) is 22.2. The number of amides is 2. The number of ether oxygens (including phenoxy) is 2. The molecule has 0 bridgehead atoms. The molecule has 0 radical (unpaired) electrons. The molecule has 2 amide bonds. The zero-order chi connectivity index (χ0) is 23.7. The number of pyridine rings is 1. The average Bonchev–Trinajstić information content (AvgIpc) is 2.87. The number of carbonyl (C=O) groups is 2. The molecule has 1 fully saturated rings. The molecule has 34 heavy (non-hydrogen) atoms. The zero-order valence-corrected chi connectivity index (χ0v) is 19.5. The lowest BCUT2D eigenvalue weighted by Gasteiger charge is -2.34. The molecule has 3 aromatic rings. The lowest BCUT2D eigenvalue weighted by Crippen LogP contribution is -2.50. The first-order valence-electron chi connectivity index (χ1n) is 11.9. The molecule has 2 aliphatic rings. The minimum Gasteiger partial charge on any atom is -0.486 e. The Labute approximate surface area is 199 Å². The summed E-state index contributed by atoms with van der Waals surface area (Å²) in [6.07, 6.45) is 1.73. The highest BCUT2D eigenvalue weighted by Gasteiger charge is 2.27. The fourth-order valence-corrected chi connectivity index (χ4v) is 4.52. The zero-order valence-electron chi connectivity index (χ0n) is 19.5. The van der Waals surface area contributed by atoms with E-state index in [-0.39, 0.29) is 23.8 Å². The van der Waals surface area contributed by atoms with Crippen LogP contribution in [0.4, 0.5) is 0 Å². The smallest absolute Gasteiger partial charge is 0.254 e. The fourth-order valence-electron chi connectivity index (χ4n) is 4.52. The summed E-state index contributed by atoms with van der Waals surface area (Å²) < 4.78 is 11.4. The van der Waals surface area contributed by atoms with Gasteiger partial charge in [-0.3, -0.25) is 9.59 Å². The maximum atomic E-state index is 13.7. The van der Waals surface area contributed by atoms with E-state index >= 15 is 0 Å².